The lowest BCUT2D eigenvalue weighted by Crippen LogP contribution is -2.16. The van der Waals surface area contributed by atoms with Crippen molar-refractivity contribution in [3.05, 3.63) is 43.0 Å². The van der Waals surface area contributed by atoms with Gasteiger partial charge < -0.3 is 28.8 Å². The van der Waals surface area contributed by atoms with Gasteiger partial charge in [-0.05, 0) is 27.7 Å². The van der Waals surface area contributed by atoms with E-state index in [1.165, 1.54) is 32.6 Å². The van der Waals surface area contributed by atoms with Crippen LogP contribution >= 0.6 is 0 Å². The van der Waals surface area contributed by atoms with Crippen molar-refractivity contribution in [2.45, 2.75) is 42.5 Å². The second-order valence-corrected chi connectivity index (χ2v) is 5.18. The van der Waals surface area contributed by atoms with E-state index < -0.39 is 37.8 Å². The van der Waals surface area contributed by atoms with Crippen LogP contribution in [0.5, 0.6) is 0 Å². The molecule has 1 aromatic rings. The highest BCUT2D eigenvalue weighted by Crippen LogP contribution is 1.95. The molecule has 1 aromatic heterocycles. The van der Waals surface area contributed by atoms with Crippen molar-refractivity contribution in [2.24, 2.45) is 0 Å². The van der Waals surface area contributed by atoms with E-state index in [9.17, 15) is 19.2 Å². The molecule has 0 aliphatic carbocycles. The number of aliphatic hydroxyl groups is 1. The number of rotatable bonds is 7. The van der Waals surface area contributed by atoms with Gasteiger partial charge in [-0.3, -0.25) is 0 Å². The third kappa shape index (κ3) is 21.4. The second kappa shape index (κ2) is 23.0. The molecule has 190 valence electrons. The van der Waals surface area contributed by atoms with Crippen molar-refractivity contribution in [3.8, 4) is 0 Å². The Morgan fingerprint density at radius 3 is 1.70 bits per heavy atom. The average molecular weight is 477 g/mol. The summed E-state index contributed by atoms with van der Waals surface area (Å²) in [6, 6.07) is 0. The Morgan fingerprint density at radius 1 is 0.879 bits per heavy atom. The molecule has 0 saturated carbocycles. The molecular weight excluding hydrogens is 440 g/mol. The largest absolute Gasteiger partial charge is 0.511 e. The summed E-state index contributed by atoms with van der Waals surface area (Å²) in [5, 5.41) is 7.57. The molecule has 0 radical (unpaired) electrons. The van der Waals surface area contributed by atoms with Gasteiger partial charge in [0.25, 0.3) is 0 Å². The summed E-state index contributed by atoms with van der Waals surface area (Å²) < 4.78 is 23.5. The number of carbonyl (C=O) groups is 4. The molecule has 0 bridgehead atoms. The third-order valence-electron chi connectivity index (χ3n) is 2.41. The van der Waals surface area contributed by atoms with E-state index in [2.05, 4.69) is 41.8 Å². The van der Waals surface area contributed by atoms with Gasteiger partial charge in [0.2, 0.25) is 13.6 Å². The minimum absolute atomic E-state index is 0. The number of carbonyl (C=O) groups excluding carboxylic acids is 4. The van der Waals surface area contributed by atoms with Crippen molar-refractivity contribution in [1.29, 1.82) is 0 Å². The maximum absolute atomic E-state index is 11.1. The number of hydrogen-bond acceptors (Lipinski definition) is 11. The predicted octanol–water partition coefficient (Wildman–Crippen LogP) is 3.45. The van der Waals surface area contributed by atoms with Crippen molar-refractivity contribution in [2.75, 3.05) is 26.8 Å². The molecule has 0 saturated heterocycles. The van der Waals surface area contributed by atoms with Crippen LogP contribution in [0.2, 0.25) is 0 Å². The number of aromatic nitrogens is 2. The molecule has 12 heteroatoms. The minimum atomic E-state index is -0.864. The first-order chi connectivity index (χ1) is 14.6. The summed E-state index contributed by atoms with van der Waals surface area (Å²) in [5.74, 6) is -1.21. The van der Waals surface area contributed by atoms with E-state index in [1.54, 1.807) is 13.8 Å². The lowest BCUT2D eigenvalue weighted by molar-refractivity contribution is -0.149. The first kappa shape index (κ1) is 36.7. The Hall–Kier alpha value is -3.67. The Morgan fingerprint density at radius 2 is 1.33 bits per heavy atom. The van der Waals surface area contributed by atoms with Gasteiger partial charge in [-0.15, -0.1) is 0 Å². The topological polar surface area (TPSA) is 152 Å². The number of aliphatic hydroxyl groups excluding tert-OH is 1. The van der Waals surface area contributed by atoms with E-state index in [0.717, 1.165) is 4.57 Å². The van der Waals surface area contributed by atoms with Crippen LogP contribution in [-0.4, -0.2) is 65.6 Å². The van der Waals surface area contributed by atoms with Crippen LogP contribution in [0.15, 0.2) is 43.0 Å². The normalized spacial score (nSPS) is 8.27. The Kier molecular flexibility index (Phi) is 25.6. The third-order valence-corrected chi connectivity index (χ3v) is 2.41. The molecule has 0 aliphatic rings. The van der Waals surface area contributed by atoms with Crippen LogP contribution in [0, 0.1) is 0 Å². The molecule has 0 aromatic carbocycles. The Balaban J connectivity index is -0.000000217. The zero-order chi connectivity index (χ0) is 24.2. The van der Waals surface area contributed by atoms with Crippen LogP contribution in [0.25, 0.3) is 0 Å². The average Bonchev–Trinajstić information content (AvgIpc) is 3.24. The van der Waals surface area contributed by atoms with Gasteiger partial charge in [-0.2, -0.15) is 0 Å². The molecule has 0 fully saturated rings. The van der Waals surface area contributed by atoms with E-state index >= 15 is 0 Å². The van der Waals surface area contributed by atoms with Crippen LogP contribution < -0.4 is 0 Å². The smallest absolute Gasteiger partial charge is 0.435 e. The van der Waals surface area contributed by atoms with Gasteiger partial charge in [0.15, 0.2) is 0 Å². The molecule has 0 spiro atoms. The molecule has 0 aliphatic heterocycles. The number of esters is 2. The fourth-order valence-corrected chi connectivity index (χ4v) is 1.11. The lowest BCUT2D eigenvalue weighted by atomic mass is 10.4. The SMILES string of the molecule is C.C.C=C(C)C(=O)OCOC(=O)OCC.C=C(C)C(=O)OCOC(=O)n1ccnc1.CCO. The van der Waals surface area contributed by atoms with E-state index in [1.807, 2.05) is 0 Å². The Bertz CT molecular complexity index is 715. The van der Waals surface area contributed by atoms with Crippen LogP contribution in [0.1, 0.15) is 42.5 Å². The lowest BCUT2D eigenvalue weighted by Gasteiger charge is -2.05. The maximum Gasteiger partial charge on any atom is 0.511 e. The predicted molar refractivity (Wildman–Crippen MR) is 120 cm³/mol. The maximum atomic E-state index is 11.1. The molecule has 0 unspecified atom stereocenters. The summed E-state index contributed by atoms with van der Waals surface area (Å²) >= 11 is 0. The minimum Gasteiger partial charge on any atom is -0.435 e. The molecule has 0 atom stereocenters. The Labute approximate surface area is 194 Å². The van der Waals surface area contributed by atoms with Crippen molar-refractivity contribution < 1.29 is 48.0 Å². The highest BCUT2D eigenvalue weighted by Gasteiger charge is 2.07. The molecule has 0 amide bonds. The van der Waals surface area contributed by atoms with Crippen molar-refractivity contribution in [3.63, 3.8) is 0 Å². The molecule has 1 N–H and O–H groups in total. The van der Waals surface area contributed by atoms with Crippen molar-refractivity contribution in [1.82, 2.24) is 9.55 Å². The first-order valence-electron chi connectivity index (χ1n) is 8.81. The van der Waals surface area contributed by atoms with Crippen LogP contribution in [0.4, 0.5) is 9.59 Å². The summed E-state index contributed by atoms with van der Waals surface area (Å²) in [4.78, 5) is 46.9. The van der Waals surface area contributed by atoms with Gasteiger partial charge in [-0.1, -0.05) is 28.0 Å². The fourth-order valence-electron chi connectivity index (χ4n) is 1.11. The summed E-state index contributed by atoms with van der Waals surface area (Å²) in [7, 11) is 0. The van der Waals surface area contributed by atoms with E-state index in [0.29, 0.717) is 0 Å². The van der Waals surface area contributed by atoms with E-state index in [4.69, 9.17) is 5.11 Å². The zero-order valence-corrected chi connectivity index (χ0v) is 18.0. The van der Waals surface area contributed by atoms with E-state index in [-0.39, 0.29) is 39.2 Å². The number of imidazole rings is 1. The highest BCUT2D eigenvalue weighted by molar-refractivity contribution is 5.87. The molecule has 12 nitrogen and oxygen atoms in total. The molecule has 33 heavy (non-hydrogen) atoms. The van der Waals surface area contributed by atoms with Gasteiger partial charge in [-0.25, -0.2) is 28.7 Å². The van der Waals surface area contributed by atoms with Gasteiger partial charge in [0.05, 0.1) is 6.61 Å². The summed E-state index contributed by atoms with van der Waals surface area (Å²) in [5.41, 5.74) is 0.487. The fraction of sp³-hybridized carbons (Fsp3) is 0.476. The quantitative estimate of drug-likeness (QED) is 0.266. The monoisotopic (exact) mass is 476 g/mol. The van der Waals surface area contributed by atoms with Gasteiger partial charge >= 0.3 is 24.2 Å². The number of hydrogen-bond donors (Lipinski definition) is 1. The summed E-state index contributed by atoms with van der Waals surface area (Å²) in [6.45, 7) is 12.6. The molecular formula is C21H36N2O10. The number of ether oxygens (including phenoxy) is 5. The first-order valence-corrected chi connectivity index (χ1v) is 8.81. The summed E-state index contributed by atoms with van der Waals surface area (Å²) in [6.07, 6.45) is 2.60. The van der Waals surface area contributed by atoms with Crippen LogP contribution in [0.3, 0.4) is 0 Å². The zero-order valence-electron chi connectivity index (χ0n) is 18.0. The second-order valence-electron chi connectivity index (χ2n) is 5.18. The number of nitrogens with zero attached hydrogens (tertiary/aromatic N) is 2. The standard InChI is InChI=1S/C9H10N2O4.C8H12O5.C2H6O.2CH4/c1-7(2)8(12)14-6-15-9(13)11-4-3-10-5-11;1-4-11-8(10)13-5-12-7(9)6(2)3;1-2-3;;/h3-5H,1,6H2,2H3;2,4-5H2,1,3H3;3H,2H2,1H3;2*1H4. The van der Waals surface area contributed by atoms with Gasteiger partial charge in [0, 0.05) is 30.1 Å². The molecule has 1 rings (SSSR count). The molecule has 1 heterocycles. The van der Waals surface area contributed by atoms with Crippen molar-refractivity contribution >= 4 is 24.2 Å². The highest BCUT2D eigenvalue weighted by atomic mass is 16.8. The van der Waals surface area contributed by atoms with Gasteiger partial charge in [0.1, 0.15) is 6.33 Å². The van der Waals surface area contributed by atoms with Crippen LogP contribution in [-0.2, 0) is 33.3 Å².